The van der Waals surface area contributed by atoms with E-state index in [9.17, 15) is 8.42 Å². The van der Waals surface area contributed by atoms with Crippen LogP contribution in [0.3, 0.4) is 0 Å². The second-order valence-electron chi connectivity index (χ2n) is 5.56. The summed E-state index contributed by atoms with van der Waals surface area (Å²) in [5.41, 5.74) is 6.46. The number of thiophene rings is 1. The van der Waals surface area contributed by atoms with E-state index in [-0.39, 0.29) is 12.6 Å². The van der Waals surface area contributed by atoms with Gasteiger partial charge in [0.25, 0.3) is 0 Å². The Morgan fingerprint density at radius 1 is 1.40 bits per heavy atom. The average molecular weight is 316 g/mol. The molecule has 3 N–H and O–H groups in total. The van der Waals surface area contributed by atoms with Gasteiger partial charge in [0.2, 0.25) is 10.0 Å². The zero-order valence-corrected chi connectivity index (χ0v) is 13.8. The van der Waals surface area contributed by atoms with Crippen molar-refractivity contribution in [2.24, 2.45) is 11.7 Å². The first kappa shape index (κ1) is 15.9. The highest BCUT2D eigenvalue weighted by atomic mass is 32.2. The monoisotopic (exact) mass is 316 g/mol. The van der Waals surface area contributed by atoms with E-state index in [0.717, 1.165) is 36.1 Å². The lowest BCUT2D eigenvalue weighted by Crippen LogP contribution is -2.42. The minimum Gasteiger partial charge on any atom is -0.326 e. The molecular weight excluding hydrogens is 292 g/mol. The molecule has 2 rings (SSSR count). The van der Waals surface area contributed by atoms with Gasteiger partial charge in [0.1, 0.15) is 4.90 Å². The summed E-state index contributed by atoms with van der Waals surface area (Å²) in [7, 11) is -3.45. The van der Waals surface area contributed by atoms with Crippen LogP contribution in [-0.2, 0) is 16.6 Å². The van der Waals surface area contributed by atoms with Gasteiger partial charge in [0.05, 0.1) is 0 Å². The minimum atomic E-state index is -3.45. The van der Waals surface area contributed by atoms with Crippen LogP contribution in [0.15, 0.2) is 10.3 Å². The fourth-order valence-electron chi connectivity index (χ4n) is 3.10. The molecule has 1 saturated carbocycles. The van der Waals surface area contributed by atoms with Crippen LogP contribution in [0.25, 0.3) is 0 Å². The molecule has 20 heavy (non-hydrogen) atoms. The summed E-state index contributed by atoms with van der Waals surface area (Å²) >= 11 is 1.43. The van der Waals surface area contributed by atoms with Crippen LogP contribution >= 0.6 is 11.3 Å². The van der Waals surface area contributed by atoms with Gasteiger partial charge in [-0.3, -0.25) is 0 Å². The summed E-state index contributed by atoms with van der Waals surface area (Å²) in [4.78, 5) is 1.16. The number of nitrogens with two attached hydrogens (primary N) is 1. The van der Waals surface area contributed by atoms with Crippen molar-refractivity contribution >= 4 is 21.4 Å². The van der Waals surface area contributed by atoms with Crippen LogP contribution in [0.1, 0.15) is 49.5 Å². The molecule has 1 aromatic rings. The van der Waals surface area contributed by atoms with E-state index in [1.807, 2.05) is 12.3 Å². The van der Waals surface area contributed by atoms with E-state index >= 15 is 0 Å². The second kappa shape index (κ2) is 6.56. The topological polar surface area (TPSA) is 72.2 Å². The van der Waals surface area contributed by atoms with E-state index < -0.39 is 10.0 Å². The van der Waals surface area contributed by atoms with Gasteiger partial charge in [0.15, 0.2) is 0 Å². The Kier molecular flexibility index (Phi) is 5.23. The highest BCUT2D eigenvalue weighted by molar-refractivity contribution is 7.89. The lowest BCUT2D eigenvalue weighted by molar-refractivity contribution is 0.282. The van der Waals surface area contributed by atoms with E-state index in [2.05, 4.69) is 11.6 Å². The summed E-state index contributed by atoms with van der Waals surface area (Å²) in [6.07, 6.45) is 5.41. The zero-order chi connectivity index (χ0) is 14.8. The van der Waals surface area contributed by atoms with Crippen molar-refractivity contribution in [3.8, 4) is 0 Å². The smallest absolute Gasteiger partial charge is 0.242 e. The third-order valence-electron chi connectivity index (χ3n) is 4.18. The molecule has 1 fully saturated rings. The van der Waals surface area contributed by atoms with Gasteiger partial charge in [-0.25, -0.2) is 13.1 Å². The van der Waals surface area contributed by atoms with Crippen molar-refractivity contribution in [2.75, 3.05) is 0 Å². The lowest BCUT2D eigenvalue weighted by Gasteiger charge is -2.31. The Labute approximate surface area is 125 Å². The fraction of sp³-hybridized carbons (Fsp3) is 0.714. The molecule has 1 aliphatic rings. The molecule has 4 nitrogen and oxygen atoms in total. The standard InChI is InChI=1S/C14H24N2O2S2/c1-3-11-6-4-5-7-12(11)16-20(17,18)14-10(2)9-19-13(14)8-15/h9,11-12,16H,3-8,15H2,1-2H3. The first-order valence-corrected chi connectivity index (χ1v) is 9.65. The van der Waals surface area contributed by atoms with Gasteiger partial charge in [-0.05, 0) is 36.6 Å². The summed E-state index contributed by atoms with van der Waals surface area (Å²) in [5, 5.41) is 1.87. The zero-order valence-electron chi connectivity index (χ0n) is 12.2. The van der Waals surface area contributed by atoms with Crippen molar-refractivity contribution in [1.82, 2.24) is 4.72 Å². The van der Waals surface area contributed by atoms with Crippen LogP contribution in [0.5, 0.6) is 0 Å². The van der Waals surface area contributed by atoms with Gasteiger partial charge in [0, 0.05) is 17.5 Å². The van der Waals surface area contributed by atoms with Crippen molar-refractivity contribution in [3.05, 3.63) is 15.8 Å². The van der Waals surface area contributed by atoms with Gasteiger partial charge in [-0.15, -0.1) is 11.3 Å². The van der Waals surface area contributed by atoms with Crippen LogP contribution in [0.2, 0.25) is 0 Å². The molecule has 6 heteroatoms. The summed E-state index contributed by atoms with van der Waals surface area (Å²) in [5.74, 6) is 0.457. The molecule has 0 radical (unpaired) electrons. The average Bonchev–Trinajstić information content (AvgIpc) is 2.81. The molecule has 1 heterocycles. The molecule has 0 amide bonds. The van der Waals surface area contributed by atoms with Gasteiger partial charge in [-0.1, -0.05) is 26.2 Å². The normalized spacial score (nSPS) is 23.9. The molecule has 0 saturated heterocycles. The van der Waals surface area contributed by atoms with E-state index in [0.29, 0.717) is 10.8 Å². The second-order valence-corrected chi connectivity index (χ2v) is 8.17. The summed E-state index contributed by atoms with van der Waals surface area (Å²) in [6, 6.07) is 0.0728. The van der Waals surface area contributed by atoms with Gasteiger partial charge >= 0.3 is 0 Å². The Morgan fingerprint density at radius 3 is 2.75 bits per heavy atom. The molecule has 2 unspecified atom stereocenters. The number of aryl methyl sites for hydroxylation is 1. The third-order valence-corrected chi connectivity index (χ3v) is 7.16. The molecule has 0 bridgehead atoms. The molecule has 2 atom stereocenters. The SMILES string of the molecule is CCC1CCCCC1NS(=O)(=O)c1c(C)csc1CN. The van der Waals surface area contributed by atoms with Crippen molar-refractivity contribution < 1.29 is 8.42 Å². The Morgan fingerprint density at radius 2 is 2.10 bits per heavy atom. The fourth-order valence-corrected chi connectivity index (χ4v) is 6.14. The molecule has 0 aliphatic heterocycles. The number of hydrogen-bond acceptors (Lipinski definition) is 4. The van der Waals surface area contributed by atoms with Crippen LogP contribution in [0, 0.1) is 12.8 Å². The van der Waals surface area contributed by atoms with Crippen molar-refractivity contribution in [3.63, 3.8) is 0 Å². The number of sulfonamides is 1. The van der Waals surface area contributed by atoms with Crippen LogP contribution < -0.4 is 10.5 Å². The third kappa shape index (κ3) is 3.24. The van der Waals surface area contributed by atoms with Crippen molar-refractivity contribution in [2.45, 2.75) is 63.4 Å². The lowest BCUT2D eigenvalue weighted by atomic mass is 9.83. The quantitative estimate of drug-likeness (QED) is 0.877. The predicted molar refractivity (Wildman–Crippen MR) is 83.3 cm³/mol. The largest absolute Gasteiger partial charge is 0.326 e. The highest BCUT2D eigenvalue weighted by Gasteiger charge is 2.30. The molecule has 0 spiro atoms. The van der Waals surface area contributed by atoms with Crippen LogP contribution in [0.4, 0.5) is 0 Å². The first-order chi connectivity index (χ1) is 9.49. The predicted octanol–water partition coefficient (Wildman–Crippen LogP) is 2.76. The summed E-state index contributed by atoms with van der Waals surface area (Å²) in [6.45, 7) is 4.25. The van der Waals surface area contributed by atoms with E-state index in [4.69, 9.17) is 5.73 Å². The van der Waals surface area contributed by atoms with Crippen molar-refractivity contribution in [1.29, 1.82) is 0 Å². The maximum absolute atomic E-state index is 12.7. The number of rotatable bonds is 5. The molecule has 0 aromatic carbocycles. The Hall–Kier alpha value is -0.430. The summed E-state index contributed by atoms with van der Waals surface area (Å²) < 4.78 is 28.3. The van der Waals surface area contributed by atoms with Gasteiger partial charge in [-0.2, -0.15) is 0 Å². The number of nitrogens with one attached hydrogen (secondary N) is 1. The highest BCUT2D eigenvalue weighted by Crippen LogP contribution is 2.31. The molecule has 1 aromatic heterocycles. The molecule has 1 aliphatic carbocycles. The molecule has 114 valence electrons. The minimum absolute atomic E-state index is 0.0728. The van der Waals surface area contributed by atoms with E-state index in [1.165, 1.54) is 17.8 Å². The molecular formula is C14H24N2O2S2. The Bertz CT molecular complexity index is 552. The Balaban J connectivity index is 2.24. The first-order valence-electron chi connectivity index (χ1n) is 7.29. The maximum atomic E-state index is 12.7. The number of hydrogen-bond donors (Lipinski definition) is 2. The van der Waals surface area contributed by atoms with Crippen LogP contribution in [-0.4, -0.2) is 14.5 Å². The maximum Gasteiger partial charge on any atom is 0.242 e. The van der Waals surface area contributed by atoms with Gasteiger partial charge < -0.3 is 5.73 Å². The van der Waals surface area contributed by atoms with E-state index in [1.54, 1.807) is 0 Å².